The zero-order valence-corrected chi connectivity index (χ0v) is 16.0. The van der Waals surface area contributed by atoms with Gasteiger partial charge in [0.2, 0.25) is 5.91 Å². The minimum Gasteiger partial charge on any atom is -0.497 e. The molecule has 0 radical (unpaired) electrons. The van der Waals surface area contributed by atoms with Gasteiger partial charge in [0.25, 0.3) is 0 Å². The summed E-state index contributed by atoms with van der Waals surface area (Å²) in [7, 11) is 3.22. The molecule has 1 N–H and O–H groups in total. The summed E-state index contributed by atoms with van der Waals surface area (Å²) in [6.45, 7) is 0. The van der Waals surface area contributed by atoms with E-state index in [0.717, 1.165) is 17.0 Å². The van der Waals surface area contributed by atoms with E-state index < -0.39 is 0 Å². The molecule has 0 unspecified atom stereocenters. The zero-order chi connectivity index (χ0) is 18.4. The van der Waals surface area contributed by atoms with Crippen LogP contribution in [0.25, 0.3) is 11.3 Å². The SMILES string of the molecule is COc1ccc(OC)c(-c2csc(NC(=O)CSCc3ccco3)n2)c1. The molecule has 6 nitrogen and oxygen atoms in total. The molecule has 0 bridgehead atoms. The van der Waals surface area contributed by atoms with E-state index in [9.17, 15) is 4.79 Å². The summed E-state index contributed by atoms with van der Waals surface area (Å²) in [5.74, 6) is 3.16. The van der Waals surface area contributed by atoms with E-state index >= 15 is 0 Å². The van der Waals surface area contributed by atoms with Gasteiger partial charge >= 0.3 is 0 Å². The van der Waals surface area contributed by atoms with Gasteiger partial charge < -0.3 is 19.2 Å². The number of carbonyl (C=O) groups is 1. The minimum atomic E-state index is -0.0972. The minimum absolute atomic E-state index is 0.0972. The van der Waals surface area contributed by atoms with Crippen LogP contribution in [0.5, 0.6) is 11.5 Å². The number of aromatic nitrogens is 1. The van der Waals surface area contributed by atoms with Crippen LogP contribution < -0.4 is 14.8 Å². The van der Waals surface area contributed by atoms with Crippen LogP contribution in [0.4, 0.5) is 5.13 Å². The molecule has 3 rings (SSSR count). The van der Waals surface area contributed by atoms with Gasteiger partial charge in [-0.05, 0) is 30.3 Å². The van der Waals surface area contributed by atoms with Crippen LogP contribution in [0.2, 0.25) is 0 Å². The van der Waals surface area contributed by atoms with Crippen molar-refractivity contribution in [2.75, 3.05) is 25.3 Å². The second kappa shape index (κ2) is 8.77. The fraction of sp³-hybridized carbons (Fsp3) is 0.222. The Morgan fingerprint density at radius 3 is 2.92 bits per heavy atom. The van der Waals surface area contributed by atoms with Crippen molar-refractivity contribution in [3.05, 3.63) is 47.7 Å². The molecule has 0 aliphatic rings. The number of anilines is 1. The van der Waals surface area contributed by atoms with Gasteiger partial charge in [-0.25, -0.2) is 4.98 Å². The summed E-state index contributed by atoms with van der Waals surface area (Å²) < 4.78 is 15.9. The van der Waals surface area contributed by atoms with Crippen LogP contribution in [-0.4, -0.2) is 30.9 Å². The van der Waals surface area contributed by atoms with Crippen molar-refractivity contribution in [2.45, 2.75) is 5.75 Å². The summed E-state index contributed by atoms with van der Waals surface area (Å²) in [6.07, 6.45) is 1.62. The Bertz CT molecular complexity index is 862. The highest BCUT2D eigenvalue weighted by atomic mass is 32.2. The average Bonchev–Trinajstić information content (AvgIpc) is 3.33. The van der Waals surface area contributed by atoms with E-state index in [4.69, 9.17) is 13.9 Å². The van der Waals surface area contributed by atoms with Crippen LogP contribution in [0, 0.1) is 0 Å². The van der Waals surface area contributed by atoms with Crippen LogP contribution in [0.15, 0.2) is 46.4 Å². The maximum absolute atomic E-state index is 12.1. The lowest BCUT2D eigenvalue weighted by Gasteiger charge is -2.08. The predicted octanol–water partition coefficient (Wildman–Crippen LogP) is 4.29. The lowest BCUT2D eigenvalue weighted by molar-refractivity contribution is -0.113. The second-order valence-electron chi connectivity index (χ2n) is 5.22. The summed E-state index contributed by atoms with van der Waals surface area (Å²) in [6, 6.07) is 9.24. The Balaban J connectivity index is 1.61. The molecular weight excluding hydrogens is 372 g/mol. The molecule has 2 heterocycles. The van der Waals surface area contributed by atoms with E-state index in [-0.39, 0.29) is 5.91 Å². The summed E-state index contributed by atoms with van der Waals surface area (Å²) >= 11 is 2.86. The van der Waals surface area contributed by atoms with Crippen molar-refractivity contribution in [1.29, 1.82) is 0 Å². The average molecular weight is 390 g/mol. The monoisotopic (exact) mass is 390 g/mol. The number of carbonyl (C=O) groups excluding carboxylic acids is 1. The third-order valence-electron chi connectivity index (χ3n) is 3.49. The second-order valence-corrected chi connectivity index (χ2v) is 7.07. The van der Waals surface area contributed by atoms with Crippen LogP contribution in [0.3, 0.4) is 0 Å². The topological polar surface area (TPSA) is 73.6 Å². The molecule has 1 amide bonds. The predicted molar refractivity (Wildman–Crippen MR) is 104 cm³/mol. The molecule has 0 aliphatic carbocycles. The molecule has 0 fully saturated rings. The van der Waals surface area contributed by atoms with Crippen molar-refractivity contribution in [1.82, 2.24) is 4.98 Å². The molecule has 1 aromatic carbocycles. The van der Waals surface area contributed by atoms with E-state index in [0.29, 0.717) is 28.1 Å². The van der Waals surface area contributed by atoms with Crippen LogP contribution in [-0.2, 0) is 10.5 Å². The number of nitrogens with one attached hydrogen (secondary N) is 1. The van der Waals surface area contributed by atoms with Crippen LogP contribution >= 0.6 is 23.1 Å². The molecule has 2 aromatic heterocycles. The molecular formula is C18H18N2O4S2. The lowest BCUT2D eigenvalue weighted by atomic mass is 10.1. The summed E-state index contributed by atoms with van der Waals surface area (Å²) in [5.41, 5.74) is 1.54. The Morgan fingerprint density at radius 2 is 2.19 bits per heavy atom. The van der Waals surface area contributed by atoms with Crippen molar-refractivity contribution in [2.24, 2.45) is 0 Å². The molecule has 0 saturated carbocycles. The van der Waals surface area contributed by atoms with Gasteiger partial charge in [-0.1, -0.05) is 0 Å². The maximum atomic E-state index is 12.1. The number of rotatable bonds is 8. The van der Waals surface area contributed by atoms with E-state index in [2.05, 4.69) is 10.3 Å². The Kier molecular flexibility index (Phi) is 6.19. The number of thiazole rings is 1. The quantitative estimate of drug-likeness (QED) is 0.618. The number of ether oxygens (including phenoxy) is 2. The van der Waals surface area contributed by atoms with Crippen molar-refractivity contribution in [3.63, 3.8) is 0 Å². The van der Waals surface area contributed by atoms with Gasteiger partial charge in [-0.2, -0.15) is 0 Å². The molecule has 8 heteroatoms. The standard InChI is InChI=1S/C18H18N2O4S2/c1-22-12-5-6-16(23-2)14(8-12)15-10-26-18(19-15)20-17(21)11-25-9-13-4-3-7-24-13/h3-8,10H,9,11H2,1-2H3,(H,19,20,21). The number of amides is 1. The highest BCUT2D eigenvalue weighted by Gasteiger charge is 2.13. The fourth-order valence-electron chi connectivity index (χ4n) is 2.26. The molecule has 3 aromatic rings. The highest BCUT2D eigenvalue weighted by Crippen LogP contribution is 2.35. The first kappa shape index (κ1) is 18.3. The smallest absolute Gasteiger partial charge is 0.236 e. The van der Waals surface area contributed by atoms with Crippen molar-refractivity contribution in [3.8, 4) is 22.8 Å². The molecule has 0 spiro atoms. The first-order valence-corrected chi connectivity index (χ1v) is 9.81. The number of nitrogens with zero attached hydrogens (tertiary/aromatic N) is 1. The summed E-state index contributed by atoms with van der Waals surface area (Å²) in [4.78, 5) is 16.6. The van der Waals surface area contributed by atoms with Gasteiger partial charge in [-0.3, -0.25) is 4.79 Å². The normalized spacial score (nSPS) is 10.5. The van der Waals surface area contributed by atoms with E-state index in [1.54, 1.807) is 20.5 Å². The number of hydrogen-bond donors (Lipinski definition) is 1. The Labute approximate surface area is 159 Å². The van der Waals surface area contributed by atoms with Gasteiger partial charge in [-0.15, -0.1) is 23.1 Å². The fourth-order valence-corrected chi connectivity index (χ4v) is 3.72. The summed E-state index contributed by atoms with van der Waals surface area (Å²) in [5, 5.41) is 5.25. The van der Waals surface area contributed by atoms with Crippen LogP contribution in [0.1, 0.15) is 5.76 Å². The third kappa shape index (κ3) is 4.59. The van der Waals surface area contributed by atoms with Gasteiger partial charge in [0.05, 0.1) is 37.7 Å². The van der Waals surface area contributed by atoms with E-state index in [1.165, 1.54) is 23.1 Å². The molecule has 0 atom stereocenters. The van der Waals surface area contributed by atoms with Gasteiger partial charge in [0.15, 0.2) is 5.13 Å². The van der Waals surface area contributed by atoms with Gasteiger partial charge in [0.1, 0.15) is 17.3 Å². The molecule has 0 aliphatic heterocycles. The Morgan fingerprint density at radius 1 is 1.31 bits per heavy atom. The number of furan rings is 1. The van der Waals surface area contributed by atoms with Crippen molar-refractivity contribution >= 4 is 34.1 Å². The highest BCUT2D eigenvalue weighted by molar-refractivity contribution is 7.99. The number of benzene rings is 1. The maximum Gasteiger partial charge on any atom is 0.236 e. The first-order chi connectivity index (χ1) is 12.7. The zero-order valence-electron chi connectivity index (χ0n) is 14.4. The van der Waals surface area contributed by atoms with Crippen molar-refractivity contribution < 1.29 is 18.7 Å². The van der Waals surface area contributed by atoms with Gasteiger partial charge in [0, 0.05) is 10.9 Å². The largest absolute Gasteiger partial charge is 0.497 e. The Hall–Kier alpha value is -2.45. The molecule has 26 heavy (non-hydrogen) atoms. The first-order valence-electron chi connectivity index (χ1n) is 7.77. The number of thioether (sulfide) groups is 1. The van der Waals surface area contributed by atoms with E-state index in [1.807, 2.05) is 35.7 Å². The number of methoxy groups -OCH3 is 2. The third-order valence-corrected chi connectivity index (χ3v) is 5.20. The molecule has 136 valence electrons. The number of hydrogen-bond acceptors (Lipinski definition) is 7. The molecule has 0 saturated heterocycles. The lowest BCUT2D eigenvalue weighted by Crippen LogP contribution is -2.13.